The van der Waals surface area contributed by atoms with Crippen LogP contribution in [0, 0.1) is 5.92 Å². The van der Waals surface area contributed by atoms with Crippen LogP contribution in [0.15, 0.2) is 18.2 Å². The second-order valence-corrected chi connectivity index (χ2v) is 6.48. The summed E-state index contributed by atoms with van der Waals surface area (Å²) in [4.78, 5) is 17.2. The number of carbonyl (C=O) groups excluding carboxylic acids is 1. The molecule has 3 rings (SSSR count). The van der Waals surface area contributed by atoms with Crippen molar-refractivity contribution >= 4 is 5.91 Å². The van der Waals surface area contributed by atoms with Crippen LogP contribution in [-0.4, -0.2) is 62.1 Å². The van der Waals surface area contributed by atoms with Crippen molar-refractivity contribution < 1.29 is 14.3 Å². The number of hydrogen-bond acceptors (Lipinski definition) is 4. The van der Waals surface area contributed by atoms with Gasteiger partial charge in [0.25, 0.3) is 5.91 Å². The fourth-order valence-electron chi connectivity index (χ4n) is 3.36. The molecule has 0 aromatic heterocycles. The standard InChI is InChI=1S/C18H26N2O3/c1-13(14-4-5-14)19-8-10-20(11-9-19)18(21)15-6-7-16(22-2)17(12-15)23-3/h6-7,12-14H,4-5,8-11H2,1-3H3. The average molecular weight is 318 g/mol. The summed E-state index contributed by atoms with van der Waals surface area (Å²) in [5, 5.41) is 0. The second-order valence-electron chi connectivity index (χ2n) is 6.48. The number of nitrogens with zero attached hydrogens (tertiary/aromatic N) is 2. The molecule has 0 N–H and O–H groups in total. The van der Waals surface area contributed by atoms with E-state index in [4.69, 9.17) is 9.47 Å². The molecule has 1 aliphatic heterocycles. The van der Waals surface area contributed by atoms with Crippen LogP contribution in [0.5, 0.6) is 11.5 Å². The van der Waals surface area contributed by atoms with E-state index in [1.807, 2.05) is 11.0 Å². The molecule has 5 heteroatoms. The predicted octanol–water partition coefficient (Wildman–Crippen LogP) is 2.26. The van der Waals surface area contributed by atoms with Gasteiger partial charge >= 0.3 is 0 Å². The fraction of sp³-hybridized carbons (Fsp3) is 0.611. The molecule has 1 atom stereocenters. The van der Waals surface area contributed by atoms with Gasteiger partial charge in [-0.05, 0) is 43.9 Å². The Labute approximate surface area is 138 Å². The summed E-state index contributed by atoms with van der Waals surface area (Å²) in [5.74, 6) is 2.19. The number of amides is 1. The van der Waals surface area contributed by atoms with Crippen LogP contribution in [0.25, 0.3) is 0 Å². The number of ether oxygens (including phenoxy) is 2. The highest BCUT2D eigenvalue weighted by Crippen LogP contribution is 2.35. The van der Waals surface area contributed by atoms with E-state index in [2.05, 4.69) is 11.8 Å². The summed E-state index contributed by atoms with van der Waals surface area (Å²) in [5.41, 5.74) is 0.659. The van der Waals surface area contributed by atoms with Gasteiger partial charge in [0.05, 0.1) is 14.2 Å². The van der Waals surface area contributed by atoms with Crippen molar-refractivity contribution in [2.24, 2.45) is 5.92 Å². The maximum Gasteiger partial charge on any atom is 0.254 e. The molecule has 0 bridgehead atoms. The lowest BCUT2D eigenvalue weighted by Crippen LogP contribution is -2.51. The highest BCUT2D eigenvalue weighted by atomic mass is 16.5. The molecule has 1 amide bonds. The molecule has 1 aliphatic carbocycles. The zero-order valence-electron chi connectivity index (χ0n) is 14.2. The summed E-state index contributed by atoms with van der Waals surface area (Å²) < 4.78 is 10.5. The van der Waals surface area contributed by atoms with E-state index in [1.165, 1.54) is 12.8 Å². The zero-order chi connectivity index (χ0) is 16.4. The Hall–Kier alpha value is -1.75. The molecule has 1 heterocycles. The molecule has 1 saturated heterocycles. The van der Waals surface area contributed by atoms with Crippen molar-refractivity contribution in [3.05, 3.63) is 23.8 Å². The maximum absolute atomic E-state index is 12.7. The van der Waals surface area contributed by atoms with Crippen LogP contribution in [0.4, 0.5) is 0 Å². The minimum absolute atomic E-state index is 0.0738. The molecule has 0 radical (unpaired) electrons. The maximum atomic E-state index is 12.7. The first-order valence-electron chi connectivity index (χ1n) is 8.39. The second kappa shape index (κ2) is 6.79. The Bertz CT molecular complexity index is 563. The van der Waals surface area contributed by atoms with Crippen LogP contribution < -0.4 is 9.47 Å². The molecule has 2 aliphatic rings. The minimum atomic E-state index is 0.0738. The molecule has 1 aromatic carbocycles. The van der Waals surface area contributed by atoms with Crippen LogP contribution in [0.2, 0.25) is 0 Å². The smallest absolute Gasteiger partial charge is 0.254 e. The van der Waals surface area contributed by atoms with E-state index < -0.39 is 0 Å². The monoisotopic (exact) mass is 318 g/mol. The third kappa shape index (κ3) is 3.44. The highest BCUT2D eigenvalue weighted by Gasteiger charge is 2.34. The summed E-state index contributed by atoms with van der Waals surface area (Å²) in [6.07, 6.45) is 2.73. The average Bonchev–Trinajstić information content (AvgIpc) is 3.45. The summed E-state index contributed by atoms with van der Waals surface area (Å²) in [7, 11) is 3.18. The number of hydrogen-bond donors (Lipinski definition) is 0. The normalized spacial score (nSPS) is 20.2. The van der Waals surface area contributed by atoms with Gasteiger partial charge in [0.15, 0.2) is 11.5 Å². The van der Waals surface area contributed by atoms with E-state index in [-0.39, 0.29) is 5.91 Å². The first kappa shape index (κ1) is 16.1. The van der Waals surface area contributed by atoms with Gasteiger partial charge in [0, 0.05) is 37.8 Å². The van der Waals surface area contributed by atoms with Crippen LogP contribution in [0.3, 0.4) is 0 Å². The first-order valence-corrected chi connectivity index (χ1v) is 8.39. The lowest BCUT2D eigenvalue weighted by atomic mass is 10.1. The minimum Gasteiger partial charge on any atom is -0.493 e. The van der Waals surface area contributed by atoms with Crippen molar-refractivity contribution in [2.75, 3.05) is 40.4 Å². The Kier molecular flexibility index (Phi) is 4.76. The lowest BCUT2D eigenvalue weighted by Gasteiger charge is -2.38. The number of methoxy groups -OCH3 is 2. The van der Waals surface area contributed by atoms with Crippen LogP contribution in [0.1, 0.15) is 30.1 Å². The van der Waals surface area contributed by atoms with E-state index >= 15 is 0 Å². The summed E-state index contributed by atoms with van der Waals surface area (Å²) in [6, 6.07) is 6.02. The number of rotatable bonds is 5. The molecule has 2 fully saturated rings. The van der Waals surface area contributed by atoms with E-state index in [9.17, 15) is 4.79 Å². The van der Waals surface area contributed by atoms with Crippen molar-refractivity contribution in [2.45, 2.75) is 25.8 Å². The van der Waals surface area contributed by atoms with Crippen molar-refractivity contribution in [1.82, 2.24) is 9.80 Å². The van der Waals surface area contributed by atoms with Crippen molar-refractivity contribution in [1.29, 1.82) is 0 Å². The van der Waals surface area contributed by atoms with Crippen LogP contribution in [-0.2, 0) is 0 Å². The first-order chi connectivity index (χ1) is 11.1. The molecule has 1 unspecified atom stereocenters. The van der Waals surface area contributed by atoms with Gasteiger partial charge in [-0.2, -0.15) is 0 Å². The quantitative estimate of drug-likeness (QED) is 0.835. The largest absolute Gasteiger partial charge is 0.493 e. The number of benzene rings is 1. The Balaban J connectivity index is 1.62. The molecule has 126 valence electrons. The highest BCUT2D eigenvalue weighted by molar-refractivity contribution is 5.95. The van der Waals surface area contributed by atoms with Gasteiger partial charge in [0.1, 0.15) is 0 Å². The summed E-state index contributed by atoms with van der Waals surface area (Å²) in [6.45, 7) is 5.85. The summed E-state index contributed by atoms with van der Waals surface area (Å²) >= 11 is 0. The van der Waals surface area contributed by atoms with E-state index in [0.717, 1.165) is 32.1 Å². The van der Waals surface area contributed by atoms with Gasteiger partial charge in [-0.15, -0.1) is 0 Å². The van der Waals surface area contributed by atoms with Gasteiger partial charge in [-0.3, -0.25) is 9.69 Å². The number of piperazine rings is 1. The topological polar surface area (TPSA) is 42.0 Å². The Morgan fingerprint density at radius 1 is 1.09 bits per heavy atom. The van der Waals surface area contributed by atoms with Crippen molar-refractivity contribution in [3.8, 4) is 11.5 Å². The Morgan fingerprint density at radius 2 is 1.74 bits per heavy atom. The molecule has 0 spiro atoms. The van der Waals surface area contributed by atoms with Gasteiger partial charge < -0.3 is 14.4 Å². The zero-order valence-corrected chi connectivity index (χ0v) is 14.2. The Morgan fingerprint density at radius 3 is 2.30 bits per heavy atom. The van der Waals surface area contributed by atoms with Gasteiger partial charge in [-0.1, -0.05) is 0 Å². The molecular formula is C18H26N2O3. The van der Waals surface area contributed by atoms with Gasteiger partial charge in [0.2, 0.25) is 0 Å². The van der Waals surface area contributed by atoms with Crippen molar-refractivity contribution in [3.63, 3.8) is 0 Å². The fourth-order valence-corrected chi connectivity index (χ4v) is 3.36. The van der Waals surface area contributed by atoms with Gasteiger partial charge in [-0.25, -0.2) is 0 Å². The van der Waals surface area contributed by atoms with Crippen LogP contribution >= 0.6 is 0 Å². The molecule has 1 aromatic rings. The third-order valence-corrected chi connectivity index (χ3v) is 5.11. The molecule has 23 heavy (non-hydrogen) atoms. The van der Waals surface area contributed by atoms with E-state index in [0.29, 0.717) is 23.1 Å². The molecular weight excluding hydrogens is 292 g/mol. The predicted molar refractivity (Wildman–Crippen MR) is 89.2 cm³/mol. The lowest BCUT2D eigenvalue weighted by molar-refractivity contribution is 0.0563. The SMILES string of the molecule is COc1ccc(C(=O)N2CCN(C(C)C3CC3)CC2)cc1OC. The van der Waals surface area contributed by atoms with E-state index in [1.54, 1.807) is 26.4 Å². The molecule has 5 nitrogen and oxygen atoms in total. The molecule has 1 saturated carbocycles. The third-order valence-electron chi connectivity index (χ3n) is 5.11. The number of carbonyl (C=O) groups is 1.